The molecule has 1 aromatic rings. The Morgan fingerprint density at radius 3 is 2.78 bits per heavy atom. The first kappa shape index (κ1) is 16.2. The molecule has 1 saturated heterocycles. The summed E-state index contributed by atoms with van der Waals surface area (Å²) in [6.07, 6.45) is 4.90. The molecule has 3 rings (SSSR count). The second kappa shape index (κ2) is 6.83. The summed E-state index contributed by atoms with van der Waals surface area (Å²) in [5.41, 5.74) is 5.95. The third-order valence-electron chi connectivity index (χ3n) is 4.55. The van der Waals surface area contributed by atoms with Crippen LogP contribution in [0.25, 0.3) is 0 Å². The average Bonchev–Trinajstić information content (AvgIpc) is 2.74. The van der Waals surface area contributed by atoms with Crippen LogP contribution in [0.4, 0.5) is 0 Å². The fourth-order valence-electron chi connectivity index (χ4n) is 3.35. The molecule has 1 heterocycles. The molecule has 1 aliphatic heterocycles. The molecule has 2 aliphatic rings. The number of sulfone groups is 1. The zero-order valence-electron chi connectivity index (χ0n) is 13.1. The van der Waals surface area contributed by atoms with Crippen molar-refractivity contribution in [3.05, 3.63) is 35.4 Å². The van der Waals surface area contributed by atoms with Gasteiger partial charge in [0, 0.05) is 12.0 Å². The van der Waals surface area contributed by atoms with Crippen molar-refractivity contribution in [1.82, 2.24) is 5.43 Å². The van der Waals surface area contributed by atoms with E-state index >= 15 is 0 Å². The predicted octanol–water partition coefficient (Wildman–Crippen LogP) is 2.06. The number of hydrogen-bond acceptors (Lipinski definition) is 4. The zero-order valence-corrected chi connectivity index (χ0v) is 13.9. The lowest BCUT2D eigenvalue weighted by Gasteiger charge is -2.09. The molecule has 0 bridgehead atoms. The largest absolute Gasteiger partial charge is 0.273 e. The Labute approximate surface area is 137 Å². The summed E-state index contributed by atoms with van der Waals surface area (Å²) in [5, 5.41) is 4.33. The van der Waals surface area contributed by atoms with Crippen LogP contribution in [-0.2, 0) is 21.1 Å². The molecule has 5 nitrogen and oxygen atoms in total. The van der Waals surface area contributed by atoms with E-state index in [1.807, 2.05) is 12.1 Å². The van der Waals surface area contributed by atoms with Crippen LogP contribution in [0.2, 0.25) is 0 Å². The van der Waals surface area contributed by atoms with E-state index in [1.54, 1.807) is 0 Å². The van der Waals surface area contributed by atoms with E-state index < -0.39 is 9.84 Å². The number of hydrogen-bond donors (Lipinski definition) is 1. The van der Waals surface area contributed by atoms with E-state index in [0.29, 0.717) is 6.42 Å². The van der Waals surface area contributed by atoms with Crippen LogP contribution in [0.5, 0.6) is 0 Å². The third kappa shape index (κ3) is 4.19. The molecule has 23 heavy (non-hydrogen) atoms. The predicted molar refractivity (Wildman–Crippen MR) is 90.1 cm³/mol. The molecule has 1 aromatic carbocycles. The highest BCUT2D eigenvalue weighted by Gasteiger charge is 2.29. The second-order valence-electron chi connectivity index (χ2n) is 6.43. The second-order valence-corrected chi connectivity index (χ2v) is 8.66. The van der Waals surface area contributed by atoms with Crippen molar-refractivity contribution < 1.29 is 13.2 Å². The van der Waals surface area contributed by atoms with Crippen LogP contribution in [0.3, 0.4) is 0 Å². The number of amides is 1. The molecule has 0 unspecified atom stereocenters. The number of carbonyl (C=O) groups excluding carboxylic acids is 1. The maximum absolute atomic E-state index is 12.0. The van der Waals surface area contributed by atoms with Gasteiger partial charge in [-0.25, -0.2) is 13.8 Å². The fourth-order valence-corrected chi connectivity index (χ4v) is 5.21. The fraction of sp³-hybridized carbons (Fsp3) is 0.529. The highest BCUT2D eigenvalue weighted by molar-refractivity contribution is 7.91. The third-order valence-corrected chi connectivity index (χ3v) is 6.39. The quantitative estimate of drug-likeness (QED) is 0.679. The summed E-state index contributed by atoms with van der Waals surface area (Å²) < 4.78 is 22.9. The number of benzene rings is 1. The van der Waals surface area contributed by atoms with E-state index in [-0.39, 0.29) is 29.8 Å². The summed E-state index contributed by atoms with van der Waals surface area (Å²) >= 11 is 0. The Kier molecular flexibility index (Phi) is 4.80. The SMILES string of the molecule is O=C(C[C@H]1CCS(=O)(=O)C1)N/N=C1/CCCCc2ccccc21. The van der Waals surface area contributed by atoms with Crippen molar-refractivity contribution in [2.75, 3.05) is 11.5 Å². The highest BCUT2D eigenvalue weighted by atomic mass is 32.2. The van der Waals surface area contributed by atoms with E-state index in [0.717, 1.165) is 37.0 Å². The lowest BCUT2D eigenvalue weighted by atomic mass is 10.0. The van der Waals surface area contributed by atoms with E-state index in [1.165, 1.54) is 5.56 Å². The van der Waals surface area contributed by atoms with Crippen molar-refractivity contribution in [3.8, 4) is 0 Å². The van der Waals surface area contributed by atoms with E-state index in [2.05, 4.69) is 22.7 Å². The van der Waals surface area contributed by atoms with Crippen LogP contribution in [0.1, 0.15) is 43.2 Å². The Hall–Kier alpha value is -1.69. The van der Waals surface area contributed by atoms with Crippen LogP contribution >= 0.6 is 0 Å². The van der Waals surface area contributed by atoms with Crippen LogP contribution in [-0.4, -0.2) is 31.5 Å². The van der Waals surface area contributed by atoms with Crippen molar-refractivity contribution in [2.45, 2.75) is 38.5 Å². The zero-order chi connectivity index (χ0) is 16.3. The standard InChI is InChI=1S/C17H22N2O3S/c20-17(11-13-9-10-23(21,22)12-13)19-18-16-8-4-2-6-14-5-1-3-7-15(14)16/h1,3,5,7,13H,2,4,6,8-12H2,(H,19,20)/b18-16-/t13-/m1/s1. The monoisotopic (exact) mass is 334 g/mol. The van der Waals surface area contributed by atoms with Gasteiger partial charge in [0.1, 0.15) is 0 Å². The van der Waals surface area contributed by atoms with Gasteiger partial charge in [0.25, 0.3) is 0 Å². The summed E-state index contributed by atoms with van der Waals surface area (Å²) in [7, 11) is -2.94. The number of fused-ring (bicyclic) bond motifs is 1. The number of nitrogens with one attached hydrogen (secondary N) is 1. The number of hydrazone groups is 1. The van der Waals surface area contributed by atoms with Gasteiger partial charge in [-0.1, -0.05) is 24.3 Å². The van der Waals surface area contributed by atoms with Gasteiger partial charge in [-0.3, -0.25) is 4.79 Å². The maximum atomic E-state index is 12.0. The first-order chi connectivity index (χ1) is 11.0. The Balaban J connectivity index is 1.64. The summed E-state index contributed by atoms with van der Waals surface area (Å²) in [5.74, 6) is 0.0649. The number of rotatable bonds is 3. The number of nitrogens with zero attached hydrogens (tertiary/aromatic N) is 1. The topological polar surface area (TPSA) is 75.6 Å². The molecule has 1 N–H and O–H groups in total. The summed E-state index contributed by atoms with van der Waals surface area (Å²) in [4.78, 5) is 12.0. The molecule has 1 atom stereocenters. The Bertz CT molecular complexity index is 725. The Morgan fingerprint density at radius 2 is 2.00 bits per heavy atom. The maximum Gasteiger partial charge on any atom is 0.240 e. The molecular weight excluding hydrogens is 312 g/mol. The smallest absolute Gasteiger partial charge is 0.240 e. The van der Waals surface area contributed by atoms with Gasteiger partial charge < -0.3 is 0 Å². The van der Waals surface area contributed by atoms with E-state index in [4.69, 9.17) is 0 Å². The molecule has 124 valence electrons. The van der Waals surface area contributed by atoms with Crippen molar-refractivity contribution in [3.63, 3.8) is 0 Å². The van der Waals surface area contributed by atoms with Gasteiger partial charge in [0.05, 0.1) is 17.2 Å². The van der Waals surface area contributed by atoms with Crippen molar-refractivity contribution in [1.29, 1.82) is 0 Å². The normalized spacial score (nSPS) is 24.9. The minimum Gasteiger partial charge on any atom is -0.273 e. The molecule has 0 saturated carbocycles. The number of carbonyl (C=O) groups is 1. The molecule has 1 aliphatic carbocycles. The van der Waals surface area contributed by atoms with Gasteiger partial charge in [0.2, 0.25) is 5.91 Å². The van der Waals surface area contributed by atoms with Gasteiger partial charge in [-0.05, 0) is 43.6 Å². The summed E-state index contributed by atoms with van der Waals surface area (Å²) in [6, 6.07) is 8.18. The Morgan fingerprint density at radius 1 is 1.22 bits per heavy atom. The molecule has 0 aromatic heterocycles. The minimum absolute atomic E-state index is 0.0679. The first-order valence-corrected chi connectivity index (χ1v) is 10.00. The molecule has 0 radical (unpaired) electrons. The number of aryl methyl sites for hydroxylation is 1. The van der Waals surface area contributed by atoms with Crippen molar-refractivity contribution >= 4 is 21.5 Å². The van der Waals surface area contributed by atoms with Gasteiger partial charge in [0.15, 0.2) is 9.84 Å². The lowest BCUT2D eigenvalue weighted by molar-refractivity contribution is -0.121. The molecule has 1 fully saturated rings. The lowest BCUT2D eigenvalue weighted by Crippen LogP contribution is -2.23. The van der Waals surface area contributed by atoms with Gasteiger partial charge in [-0.2, -0.15) is 5.10 Å². The summed E-state index contributed by atoms with van der Waals surface area (Å²) in [6.45, 7) is 0. The van der Waals surface area contributed by atoms with Gasteiger partial charge in [-0.15, -0.1) is 0 Å². The molecule has 1 amide bonds. The molecular formula is C17H22N2O3S. The average molecular weight is 334 g/mol. The van der Waals surface area contributed by atoms with Crippen LogP contribution in [0, 0.1) is 5.92 Å². The van der Waals surface area contributed by atoms with Crippen molar-refractivity contribution in [2.24, 2.45) is 11.0 Å². The van der Waals surface area contributed by atoms with Crippen LogP contribution in [0.15, 0.2) is 29.4 Å². The highest BCUT2D eigenvalue weighted by Crippen LogP contribution is 2.22. The molecule has 6 heteroatoms. The molecule has 0 spiro atoms. The van der Waals surface area contributed by atoms with E-state index in [9.17, 15) is 13.2 Å². The van der Waals surface area contributed by atoms with Crippen LogP contribution < -0.4 is 5.43 Å². The minimum atomic E-state index is -2.94. The van der Waals surface area contributed by atoms with Gasteiger partial charge >= 0.3 is 0 Å². The first-order valence-electron chi connectivity index (χ1n) is 8.17.